The Labute approximate surface area is 120 Å². The molecule has 0 fully saturated rings. The highest BCUT2D eigenvalue weighted by molar-refractivity contribution is 5.73. The number of carbonyl (C=O) groups excluding carboxylic acids is 1. The zero-order valence-corrected chi connectivity index (χ0v) is 12.8. The molecular formula is C14H28O6. The predicted molar refractivity (Wildman–Crippen MR) is 75.3 cm³/mol. The minimum atomic E-state index is -1.23. The fraction of sp³-hybridized carbons (Fsp3) is 0.857. The number of rotatable bonds is 8. The summed E-state index contributed by atoms with van der Waals surface area (Å²) in [6, 6.07) is 0. The second kappa shape index (κ2) is 12.9. The summed E-state index contributed by atoms with van der Waals surface area (Å²) >= 11 is 0. The first kappa shape index (κ1) is 21.2. The zero-order valence-electron chi connectivity index (χ0n) is 12.8. The van der Waals surface area contributed by atoms with Crippen LogP contribution in [0.25, 0.3) is 0 Å². The summed E-state index contributed by atoms with van der Waals surface area (Å²) in [4.78, 5) is 20.4. The number of aliphatic hydroxyl groups is 2. The number of aliphatic carboxylic acids is 1. The van der Waals surface area contributed by atoms with Crippen molar-refractivity contribution < 1.29 is 29.6 Å². The second-order valence-corrected chi connectivity index (χ2v) is 4.74. The maximum Gasteiger partial charge on any atom is 0.334 e. The van der Waals surface area contributed by atoms with Crippen LogP contribution in [0.5, 0.6) is 0 Å². The Hall–Kier alpha value is -1.14. The lowest BCUT2D eigenvalue weighted by atomic mass is 10.0. The third kappa shape index (κ3) is 13.3. The molecule has 0 aliphatic rings. The highest BCUT2D eigenvalue weighted by atomic mass is 16.5. The van der Waals surface area contributed by atoms with Gasteiger partial charge in [-0.25, -0.2) is 9.59 Å². The van der Waals surface area contributed by atoms with E-state index in [1.165, 1.54) is 26.7 Å². The van der Waals surface area contributed by atoms with Gasteiger partial charge in [0.1, 0.15) is 12.2 Å². The number of carboxylic acid groups (broad SMARTS) is 1. The molecule has 6 heteroatoms. The fourth-order valence-electron chi connectivity index (χ4n) is 1.22. The van der Waals surface area contributed by atoms with Gasteiger partial charge in [-0.2, -0.15) is 0 Å². The lowest BCUT2D eigenvalue weighted by Crippen LogP contribution is -2.22. The van der Waals surface area contributed by atoms with Crippen molar-refractivity contribution in [2.24, 2.45) is 5.92 Å². The summed E-state index contributed by atoms with van der Waals surface area (Å²) in [5.41, 5.74) is 0. The Balaban J connectivity index is 0. The SMILES string of the molecule is CC(O)C(=O)O.CCCCC(CC)COC(=O)C(C)O. The molecule has 3 atom stereocenters. The number of hydrogen-bond donors (Lipinski definition) is 3. The Bertz CT molecular complexity index is 262. The third-order valence-corrected chi connectivity index (χ3v) is 2.70. The molecule has 0 aliphatic heterocycles. The lowest BCUT2D eigenvalue weighted by Gasteiger charge is -2.15. The number of ether oxygens (including phenoxy) is 1. The van der Waals surface area contributed by atoms with Crippen LogP contribution < -0.4 is 0 Å². The molecule has 3 unspecified atom stereocenters. The first-order valence-corrected chi connectivity index (χ1v) is 7.01. The van der Waals surface area contributed by atoms with Gasteiger partial charge in [0.15, 0.2) is 0 Å². The van der Waals surface area contributed by atoms with E-state index in [9.17, 15) is 9.59 Å². The van der Waals surface area contributed by atoms with Crippen molar-refractivity contribution in [3.05, 3.63) is 0 Å². The molecule has 0 radical (unpaired) electrons. The van der Waals surface area contributed by atoms with E-state index in [2.05, 4.69) is 13.8 Å². The first-order chi connectivity index (χ1) is 9.26. The average Bonchev–Trinajstić information content (AvgIpc) is 2.39. The van der Waals surface area contributed by atoms with Gasteiger partial charge in [-0.1, -0.05) is 33.1 Å². The van der Waals surface area contributed by atoms with E-state index < -0.39 is 24.1 Å². The topological polar surface area (TPSA) is 104 Å². The van der Waals surface area contributed by atoms with E-state index in [-0.39, 0.29) is 0 Å². The normalized spacial score (nSPS) is 14.5. The number of hydrogen-bond acceptors (Lipinski definition) is 5. The van der Waals surface area contributed by atoms with Crippen molar-refractivity contribution >= 4 is 11.9 Å². The number of esters is 1. The van der Waals surface area contributed by atoms with Crippen molar-refractivity contribution in [1.29, 1.82) is 0 Å². The first-order valence-electron chi connectivity index (χ1n) is 7.01. The maximum absolute atomic E-state index is 11.0. The van der Waals surface area contributed by atoms with Crippen LogP contribution in [0.3, 0.4) is 0 Å². The van der Waals surface area contributed by atoms with Crippen LogP contribution in [0.15, 0.2) is 0 Å². The monoisotopic (exact) mass is 292 g/mol. The average molecular weight is 292 g/mol. The van der Waals surface area contributed by atoms with E-state index in [0.29, 0.717) is 12.5 Å². The summed E-state index contributed by atoms with van der Waals surface area (Å²) in [5.74, 6) is -1.26. The molecule has 6 nitrogen and oxygen atoms in total. The highest BCUT2D eigenvalue weighted by Crippen LogP contribution is 2.13. The summed E-state index contributed by atoms with van der Waals surface area (Å²) in [5, 5.41) is 24.7. The molecule has 0 rings (SSSR count). The number of unbranched alkanes of at least 4 members (excludes halogenated alkanes) is 1. The van der Waals surface area contributed by atoms with Crippen LogP contribution >= 0.6 is 0 Å². The molecule has 0 aromatic rings. The molecule has 0 saturated heterocycles. The van der Waals surface area contributed by atoms with Crippen LogP contribution in [-0.4, -0.2) is 46.1 Å². The lowest BCUT2D eigenvalue weighted by molar-refractivity contribution is -0.154. The third-order valence-electron chi connectivity index (χ3n) is 2.70. The summed E-state index contributed by atoms with van der Waals surface area (Å²) < 4.78 is 4.96. The predicted octanol–water partition coefficient (Wildman–Crippen LogP) is 1.58. The summed E-state index contributed by atoms with van der Waals surface area (Å²) in [6.45, 7) is 7.31. The van der Waals surface area contributed by atoms with Crippen molar-refractivity contribution in [3.63, 3.8) is 0 Å². The fourth-order valence-corrected chi connectivity index (χ4v) is 1.22. The molecule has 0 aliphatic carbocycles. The Morgan fingerprint density at radius 1 is 1.10 bits per heavy atom. The standard InChI is InChI=1S/C11H22O3.C3H6O3/c1-4-6-7-10(5-2)8-14-11(13)9(3)12;1-2(4)3(5)6/h9-10,12H,4-8H2,1-3H3;2,4H,1H3,(H,5,6). The van der Waals surface area contributed by atoms with Gasteiger partial charge in [-0.05, 0) is 26.2 Å². The highest BCUT2D eigenvalue weighted by Gasteiger charge is 2.13. The maximum atomic E-state index is 11.0. The van der Waals surface area contributed by atoms with Crippen LogP contribution in [0.4, 0.5) is 0 Å². The van der Waals surface area contributed by atoms with Crippen LogP contribution in [0.2, 0.25) is 0 Å². The molecule has 0 bridgehead atoms. The smallest absolute Gasteiger partial charge is 0.334 e. The Morgan fingerprint density at radius 3 is 1.90 bits per heavy atom. The largest absolute Gasteiger partial charge is 0.479 e. The van der Waals surface area contributed by atoms with Gasteiger partial charge in [0.05, 0.1) is 6.61 Å². The minimum absolute atomic E-state index is 0.442. The minimum Gasteiger partial charge on any atom is -0.479 e. The zero-order chi connectivity index (χ0) is 16.1. The van der Waals surface area contributed by atoms with E-state index in [4.69, 9.17) is 20.1 Å². The molecule has 0 aromatic carbocycles. The van der Waals surface area contributed by atoms with Crippen molar-refractivity contribution in [2.75, 3.05) is 6.61 Å². The molecule has 3 N–H and O–H groups in total. The molecule has 0 spiro atoms. The van der Waals surface area contributed by atoms with E-state index >= 15 is 0 Å². The number of carbonyl (C=O) groups is 2. The van der Waals surface area contributed by atoms with Crippen molar-refractivity contribution in [3.8, 4) is 0 Å². The van der Waals surface area contributed by atoms with Gasteiger partial charge in [0.2, 0.25) is 0 Å². The molecular weight excluding hydrogens is 264 g/mol. The second-order valence-electron chi connectivity index (χ2n) is 4.74. The van der Waals surface area contributed by atoms with Gasteiger partial charge in [0.25, 0.3) is 0 Å². The van der Waals surface area contributed by atoms with Crippen molar-refractivity contribution in [2.45, 2.75) is 65.6 Å². The molecule has 0 aromatic heterocycles. The quantitative estimate of drug-likeness (QED) is 0.587. The molecule has 0 saturated carbocycles. The summed E-state index contributed by atoms with van der Waals surface area (Å²) in [6.07, 6.45) is 2.22. The van der Waals surface area contributed by atoms with Gasteiger partial charge < -0.3 is 20.1 Å². The van der Waals surface area contributed by atoms with Gasteiger partial charge in [0, 0.05) is 0 Å². The van der Waals surface area contributed by atoms with Crippen LogP contribution in [0, 0.1) is 5.92 Å². The Morgan fingerprint density at radius 2 is 1.60 bits per heavy atom. The summed E-state index contributed by atoms with van der Waals surface area (Å²) in [7, 11) is 0. The molecule has 0 amide bonds. The molecule has 0 heterocycles. The van der Waals surface area contributed by atoms with Gasteiger partial charge in [-0.3, -0.25) is 0 Å². The molecule has 120 valence electrons. The van der Waals surface area contributed by atoms with Crippen LogP contribution in [0.1, 0.15) is 53.4 Å². The van der Waals surface area contributed by atoms with E-state index in [1.54, 1.807) is 0 Å². The van der Waals surface area contributed by atoms with Gasteiger partial charge in [-0.15, -0.1) is 0 Å². The Kier molecular flexibility index (Phi) is 13.6. The number of carboxylic acids is 1. The van der Waals surface area contributed by atoms with Crippen molar-refractivity contribution in [1.82, 2.24) is 0 Å². The number of aliphatic hydroxyl groups excluding tert-OH is 2. The molecule has 20 heavy (non-hydrogen) atoms. The van der Waals surface area contributed by atoms with E-state index in [0.717, 1.165) is 12.8 Å². The van der Waals surface area contributed by atoms with E-state index in [1.807, 2.05) is 0 Å². The van der Waals surface area contributed by atoms with Gasteiger partial charge >= 0.3 is 11.9 Å². The van der Waals surface area contributed by atoms with Crippen LogP contribution in [-0.2, 0) is 14.3 Å².